The second kappa shape index (κ2) is 3.30. The van der Waals surface area contributed by atoms with E-state index in [1.807, 2.05) is 0 Å². The first-order valence-corrected chi connectivity index (χ1v) is 4.77. The second-order valence-electron chi connectivity index (χ2n) is 3.88. The Morgan fingerprint density at radius 2 is 2.06 bits per heavy atom. The van der Waals surface area contributed by atoms with Crippen molar-refractivity contribution in [1.29, 1.82) is 0 Å². The van der Waals surface area contributed by atoms with Gasteiger partial charge < -0.3 is 19.3 Å². The third-order valence-electron chi connectivity index (χ3n) is 2.21. The Morgan fingerprint density at radius 1 is 1.38 bits per heavy atom. The predicted molar refractivity (Wildman–Crippen MR) is 55.3 cm³/mol. The first-order chi connectivity index (χ1) is 7.44. The highest BCUT2D eigenvalue weighted by atomic mass is 16.7. The van der Waals surface area contributed by atoms with E-state index in [0.717, 1.165) is 0 Å². The summed E-state index contributed by atoms with van der Waals surface area (Å²) < 4.78 is 16.0. The van der Waals surface area contributed by atoms with Crippen molar-refractivity contribution in [2.45, 2.75) is 19.6 Å². The molecule has 1 aromatic rings. The molecule has 0 aromatic heterocycles. The molecule has 0 saturated carbocycles. The lowest BCUT2D eigenvalue weighted by Gasteiger charge is -2.16. The van der Waals surface area contributed by atoms with Crippen LogP contribution in [0.15, 0.2) is 12.1 Å². The average Bonchev–Trinajstić information content (AvgIpc) is 2.49. The van der Waals surface area contributed by atoms with Crippen LogP contribution in [0.25, 0.3) is 0 Å². The Morgan fingerprint density at radius 3 is 2.62 bits per heavy atom. The molecule has 0 saturated heterocycles. The van der Waals surface area contributed by atoms with Crippen LogP contribution in [-0.4, -0.2) is 24.0 Å². The van der Waals surface area contributed by atoms with E-state index in [9.17, 15) is 4.79 Å². The van der Waals surface area contributed by atoms with E-state index in [0.29, 0.717) is 11.5 Å². The third-order valence-corrected chi connectivity index (χ3v) is 2.21. The lowest BCUT2D eigenvalue weighted by molar-refractivity contribution is -0.0439. The number of carbonyl (C=O) groups is 1. The van der Waals surface area contributed by atoms with E-state index in [4.69, 9.17) is 19.3 Å². The van der Waals surface area contributed by atoms with E-state index in [2.05, 4.69) is 0 Å². The second-order valence-corrected chi connectivity index (χ2v) is 3.88. The summed E-state index contributed by atoms with van der Waals surface area (Å²) in [5.74, 6) is -0.838. The van der Waals surface area contributed by atoms with Gasteiger partial charge in [-0.2, -0.15) is 0 Å². The minimum Gasteiger partial charge on any atom is -0.492 e. The molecule has 1 aliphatic heterocycles. The van der Waals surface area contributed by atoms with E-state index in [1.54, 1.807) is 19.9 Å². The predicted octanol–water partition coefficient (Wildman–Crippen LogP) is 1.90. The summed E-state index contributed by atoms with van der Waals surface area (Å²) in [6.45, 7) is 3.49. The van der Waals surface area contributed by atoms with Gasteiger partial charge >= 0.3 is 5.97 Å². The van der Waals surface area contributed by atoms with Crippen LogP contribution >= 0.6 is 0 Å². The topological polar surface area (TPSA) is 65.0 Å². The van der Waals surface area contributed by atoms with Gasteiger partial charge in [-0.15, -0.1) is 0 Å². The van der Waals surface area contributed by atoms with Crippen LogP contribution in [0.2, 0.25) is 0 Å². The molecule has 0 amide bonds. The molecule has 0 atom stereocenters. The van der Waals surface area contributed by atoms with Crippen LogP contribution in [0, 0.1) is 0 Å². The van der Waals surface area contributed by atoms with Gasteiger partial charge in [0.15, 0.2) is 11.5 Å². The van der Waals surface area contributed by atoms with Gasteiger partial charge in [0, 0.05) is 13.8 Å². The van der Waals surface area contributed by atoms with Crippen molar-refractivity contribution in [1.82, 2.24) is 0 Å². The number of hydrogen-bond acceptors (Lipinski definition) is 4. The van der Waals surface area contributed by atoms with Crippen molar-refractivity contribution >= 4 is 5.97 Å². The van der Waals surface area contributed by atoms with Crippen LogP contribution in [-0.2, 0) is 0 Å². The van der Waals surface area contributed by atoms with Gasteiger partial charge in [0.1, 0.15) is 5.56 Å². The maximum atomic E-state index is 11.0. The van der Waals surface area contributed by atoms with Gasteiger partial charge in [-0.3, -0.25) is 0 Å². The molecule has 0 radical (unpaired) electrons. The Kier molecular flexibility index (Phi) is 2.18. The van der Waals surface area contributed by atoms with E-state index in [1.165, 1.54) is 13.2 Å². The molecular weight excluding hydrogens is 212 g/mol. The molecular formula is C11H12O5. The number of fused-ring (bicyclic) bond motifs is 1. The third kappa shape index (κ3) is 1.54. The number of carboxylic acid groups (broad SMARTS) is 1. The smallest absolute Gasteiger partial charge is 0.339 e. The molecule has 5 heteroatoms. The lowest BCUT2D eigenvalue weighted by Crippen LogP contribution is -2.29. The summed E-state index contributed by atoms with van der Waals surface area (Å²) in [5.41, 5.74) is 0.0579. The molecule has 0 aliphatic carbocycles. The number of rotatable bonds is 2. The van der Waals surface area contributed by atoms with Gasteiger partial charge in [0.25, 0.3) is 0 Å². The summed E-state index contributed by atoms with van der Waals surface area (Å²) >= 11 is 0. The molecule has 86 valence electrons. The molecule has 1 heterocycles. The van der Waals surface area contributed by atoms with Gasteiger partial charge in [-0.1, -0.05) is 0 Å². The first-order valence-electron chi connectivity index (χ1n) is 4.77. The van der Waals surface area contributed by atoms with Crippen molar-refractivity contribution in [3.05, 3.63) is 17.7 Å². The number of benzene rings is 1. The average molecular weight is 224 g/mol. The van der Waals surface area contributed by atoms with Crippen molar-refractivity contribution in [3.63, 3.8) is 0 Å². The summed E-state index contributed by atoms with van der Waals surface area (Å²) in [6, 6.07) is 3.00. The zero-order valence-corrected chi connectivity index (χ0v) is 9.23. The van der Waals surface area contributed by atoms with Crippen molar-refractivity contribution in [3.8, 4) is 17.2 Å². The van der Waals surface area contributed by atoms with Crippen LogP contribution < -0.4 is 14.2 Å². The van der Waals surface area contributed by atoms with Crippen LogP contribution in [0.3, 0.4) is 0 Å². The van der Waals surface area contributed by atoms with Crippen molar-refractivity contribution < 1.29 is 24.1 Å². The highest BCUT2D eigenvalue weighted by Crippen LogP contribution is 2.47. The maximum absolute atomic E-state index is 11.0. The Balaban J connectivity index is 2.56. The quantitative estimate of drug-likeness (QED) is 0.831. The van der Waals surface area contributed by atoms with Gasteiger partial charge in [0.2, 0.25) is 11.5 Å². The first kappa shape index (κ1) is 10.6. The fourth-order valence-electron chi connectivity index (χ4n) is 1.62. The van der Waals surface area contributed by atoms with Crippen molar-refractivity contribution in [2.75, 3.05) is 7.11 Å². The van der Waals surface area contributed by atoms with Crippen LogP contribution in [0.5, 0.6) is 17.2 Å². The Bertz CT molecular complexity index is 450. The fourth-order valence-corrected chi connectivity index (χ4v) is 1.62. The largest absolute Gasteiger partial charge is 0.492 e. The number of carboxylic acids is 1. The van der Waals surface area contributed by atoms with E-state index >= 15 is 0 Å². The minimum absolute atomic E-state index is 0.0579. The zero-order chi connectivity index (χ0) is 11.9. The van der Waals surface area contributed by atoms with Gasteiger partial charge in [-0.05, 0) is 12.1 Å². The molecule has 0 fully saturated rings. The standard InChI is InChI=1S/C11H12O5/c1-11(2)15-7-5-4-6(10(12)13)8(14-3)9(7)16-11/h4-5H,1-3H3,(H,12,13). The zero-order valence-electron chi connectivity index (χ0n) is 9.23. The van der Waals surface area contributed by atoms with E-state index < -0.39 is 11.8 Å². The number of ether oxygens (including phenoxy) is 3. The SMILES string of the molecule is COc1c(C(=O)O)ccc2c1OC(C)(C)O2. The molecule has 1 aliphatic rings. The maximum Gasteiger partial charge on any atom is 0.339 e. The Hall–Kier alpha value is -1.91. The highest BCUT2D eigenvalue weighted by molar-refractivity contribution is 5.92. The lowest BCUT2D eigenvalue weighted by atomic mass is 10.2. The summed E-state index contributed by atoms with van der Waals surface area (Å²) in [6.07, 6.45) is 0. The Labute approximate surface area is 92.5 Å². The van der Waals surface area contributed by atoms with E-state index in [-0.39, 0.29) is 11.3 Å². The van der Waals surface area contributed by atoms with Crippen LogP contribution in [0.4, 0.5) is 0 Å². The molecule has 2 rings (SSSR count). The molecule has 16 heavy (non-hydrogen) atoms. The number of methoxy groups -OCH3 is 1. The molecule has 1 aromatic carbocycles. The van der Waals surface area contributed by atoms with Crippen LogP contribution in [0.1, 0.15) is 24.2 Å². The fraction of sp³-hybridized carbons (Fsp3) is 0.364. The van der Waals surface area contributed by atoms with Crippen molar-refractivity contribution in [2.24, 2.45) is 0 Å². The van der Waals surface area contributed by atoms with Gasteiger partial charge in [-0.25, -0.2) is 4.79 Å². The normalized spacial score (nSPS) is 15.9. The molecule has 0 bridgehead atoms. The number of hydrogen-bond donors (Lipinski definition) is 1. The molecule has 5 nitrogen and oxygen atoms in total. The van der Waals surface area contributed by atoms with Gasteiger partial charge in [0.05, 0.1) is 7.11 Å². The molecule has 0 unspecified atom stereocenters. The molecule has 1 N–H and O–H groups in total. The minimum atomic E-state index is -1.06. The summed E-state index contributed by atoms with van der Waals surface area (Å²) in [5, 5.41) is 8.98. The molecule has 0 spiro atoms. The number of aromatic carboxylic acids is 1. The summed E-state index contributed by atoms with van der Waals surface area (Å²) in [4.78, 5) is 11.0. The monoisotopic (exact) mass is 224 g/mol. The summed E-state index contributed by atoms with van der Waals surface area (Å²) in [7, 11) is 1.40. The highest BCUT2D eigenvalue weighted by Gasteiger charge is 2.36.